The van der Waals surface area contributed by atoms with E-state index < -0.39 is 5.41 Å². The Labute approximate surface area is 479 Å². The Morgan fingerprint density at radius 3 is 1.60 bits per heavy atom. The molecular weight excluding hydrogens is 997 g/mol. The minimum atomic E-state index is -0.606. The molecule has 0 spiro atoms. The monoisotopic (exact) mass is 1050 g/mol. The third kappa shape index (κ3) is 7.95. The molecule has 0 N–H and O–H groups in total. The summed E-state index contributed by atoms with van der Waals surface area (Å²) in [5.74, 6) is 2.38. The van der Waals surface area contributed by atoms with E-state index in [9.17, 15) is 0 Å². The van der Waals surface area contributed by atoms with Crippen LogP contribution >= 0.6 is 0 Å². The van der Waals surface area contributed by atoms with Crippen molar-refractivity contribution in [1.82, 2.24) is 9.55 Å². The molecule has 0 bridgehead atoms. The number of hydrogen-bond acceptors (Lipinski definition) is 4. The summed E-state index contributed by atoms with van der Waals surface area (Å²) < 4.78 is 9.57. The van der Waals surface area contributed by atoms with Gasteiger partial charge in [-0.2, -0.15) is 0 Å². The van der Waals surface area contributed by atoms with Gasteiger partial charge in [-0.25, -0.2) is 4.98 Å². The summed E-state index contributed by atoms with van der Waals surface area (Å²) in [6.07, 6.45) is 1.94. The molecule has 0 radical (unpaired) electrons. The Kier molecular flexibility index (Phi) is 11.6. The quantitative estimate of drug-likeness (QED) is 0.137. The van der Waals surface area contributed by atoms with Gasteiger partial charge in [-0.3, -0.25) is 4.57 Å². The smallest absolute Gasteiger partial charge is 0.137 e. The first-order chi connectivity index (χ1) is 40.3. The Morgan fingerprint density at radius 1 is 0.415 bits per heavy atom. The van der Waals surface area contributed by atoms with E-state index in [1.807, 2.05) is 6.20 Å². The summed E-state index contributed by atoms with van der Waals surface area (Å²) in [6.45, 7) is 7.30. The first-order valence-corrected chi connectivity index (χ1v) is 28.4. The summed E-state index contributed by atoms with van der Waals surface area (Å²) in [5, 5.41) is 2.30. The lowest BCUT2D eigenvalue weighted by atomic mass is 9.66. The second-order valence-corrected chi connectivity index (χ2v) is 22.7. The molecule has 1 aliphatic heterocycles. The Hall–Kier alpha value is -10.2. The molecule has 15 rings (SSSR count). The van der Waals surface area contributed by atoms with Crippen molar-refractivity contribution in [2.75, 3.05) is 16.5 Å². The Balaban J connectivity index is 0.893. The first kappa shape index (κ1) is 48.9. The van der Waals surface area contributed by atoms with E-state index >= 15 is 0 Å². The van der Waals surface area contributed by atoms with Crippen molar-refractivity contribution in [3.63, 3.8) is 0 Å². The SMILES string of the molecule is CC(C)(C)c1ccnc(-n2c3ccccc3c3cc(-c4ccccc4)c(Oc4cccc(N5CN(c6c(-c7ccccc7)cc(C7(c8ccccc8)c8ccccc8-c8ccccc87)cc6-c6ccccc6)c6ccccc65)c4)cc32)c1. The van der Waals surface area contributed by atoms with Crippen LogP contribution in [0.25, 0.3) is 72.1 Å². The number of pyridine rings is 1. The third-order valence-corrected chi connectivity index (χ3v) is 16.9. The van der Waals surface area contributed by atoms with Gasteiger partial charge in [0.2, 0.25) is 0 Å². The number of aromatic nitrogens is 2. The highest BCUT2D eigenvalue weighted by atomic mass is 16.5. The minimum absolute atomic E-state index is 0.0514. The number of anilines is 4. The molecule has 2 aliphatic rings. The second-order valence-electron chi connectivity index (χ2n) is 22.7. The summed E-state index contributed by atoms with van der Waals surface area (Å²) >= 11 is 0. The molecule has 0 saturated carbocycles. The maximum Gasteiger partial charge on any atom is 0.137 e. The zero-order valence-electron chi connectivity index (χ0n) is 46.0. The largest absolute Gasteiger partial charge is 0.457 e. The van der Waals surface area contributed by atoms with Gasteiger partial charge in [0.05, 0.1) is 33.5 Å². The van der Waals surface area contributed by atoms with E-state index in [1.165, 1.54) is 38.9 Å². The average Bonchev–Trinajstić information content (AvgIpc) is 4.27. The van der Waals surface area contributed by atoms with E-state index in [0.29, 0.717) is 6.67 Å². The highest BCUT2D eigenvalue weighted by Crippen LogP contribution is 2.59. The molecule has 82 heavy (non-hydrogen) atoms. The maximum atomic E-state index is 7.27. The van der Waals surface area contributed by atoms with Gasteiger partial charge < -0.3 is 14.5 Å². The number of benzene rings is 11. The lowest BCUT2D eigenvalue weighted by Crippen LogP contribution is -2.29. The van der Waals surface area contributed by atoms with Crippen LogP contribution in [0.15, 0.2) is 285 Å². The van der Waals surface area contributed by atoms with Crippen LogP contribution in [0, 0.1) is 0 Å². The van der Waals surface area contributed by atoms with E-state index in [-0.39, 0.29) is 5.41 Å². The average molecular weight is 1060 g/mol. The molecule has 2 aromatic heterocycles. The van der Waals surface area contributed by atoms with Gasteiger partial charge in [-0.15, -0.1) is 0 Å². The van der Waals surface area contributed by atoms with Crippen molar-refractivity contribution < 1.29 is 4.74 Å². The number of para-hydroxylation sites is 3. The summed E-state index contributed by atoms with van der Waals surface area (Å²) in [4.78, 5) is 9.97. The predicted octanol–water partition coefficient (Wildman–Crippen LogP) is 19.9. The molecule has 0 atom stereocenters. The summed E-state index contributed by atoms with van der Waals surface area (Å²) in [7, 11) is 0. The molecule has 392 valence electrons. The molecule has 5 heteroatoms. The fraction of sp³-hybridized carbons (Fsp3) is 0.0779. The van der Waals surface area contributed by atoms with Crippen LogP contribution in [0.2, 0.25) is 0 Å². The number of fused-ring (bicyclic) bond motifs is 7. The topological polar surface area (TPSA) is 33.5 Å². The van der Waals surface area contributed by atoms with Gasteiger partial charge in [-0.1, -0.05) is 227 Å². The van der Waals surface area contributed by atoms with Crippen LogP contribution < -0.4 is 14.5 Å². The second kappa shape index (κ2) is 19.5. The minimum Gasteiger partial charge on any atom is -0.457 e. The van der Waals surface area contributed by atoms with Crippen LogP contribution in [0.5, 0.6) is 11.5 Å². The molecule has 0 fully saturated rings. The van der Waals surface area contributed by atoms with E-state index in [1.54, 1.807) is 0 Å². The number of rotatable bonds is 10. The fourth-order valence-corrected chi connectivity index (χ4v) is 13.2. The lowest BCUT2D eigenvalue weighted by Gasteiger charge is -2.36. The van der Waals surface area contributed by atoms with E-state index in [4.69, 9.17) is 9.72 Å². The van der Waals surface area contributed by atoms with Crippen molar-refractivity contribution in [1.29, 1.82) is 0 Å². The molecular formula is C77H58N4O. The molecule has 3 heterocycles. The van der Waals surface area contributed by atoms with Crippen LogP contribution in [0.1, 0.15) is 48.6 Å². The van der Waals surface area contributed by atoms with Crippen molar-refractivity contribution in [2.24, 2.45) is 0 Å². The van der Waals surface area contributed by atoms with E-state index in [0.717, 1.165) is 95.3 Å². The Morgan fingerprint density at radius 2 is 0.963 bits per heavy atom. The molecule has 11 aromatic carbocycles. The van der Waals surface area contributed by atoms with Crippen LogP contribution in [0.3, 0.4) is 0 Å². The first-order valence-electron chi connectivity index (χ1n) is 28.4. The van der Waals surface area contributed by atoms with Crippen LogP contribution in [0.4, 0.5) is 22.7 Å². The normalized spacial score (nSPS) is 13.3. The predicted molar refractivity (Wildman–Crippen MR) is 339 cm³/mol. The molecule has 0 amide bonds. The molecule has 0 saturated heterocycles. The van der Waals surface area contributed by atoms with Gasteiger partial charge in [0, 0.05) is 51.5 Å². The van der Waals surface area contributed by atoms with Gasteiger partial charge in [0.1, 0.15) is 24.0 Å². The van der Waals surface area contributed by atoms with Crippen molar-refractivity contribution in [3.05, 3.63) is 313 Å². The molecule has 0 unspecified atom stereocenters. The van der Waals surface area contributed by atoms with E-state index in [2.05, 4.69) is 314 Å². The number of ether oxygens (including phenoxy) is 1. The Bertz CT molecular complexity index is 4460. The highest BCUT2D eigenvalue weighted by molar-refractivity contribution is 6.11. The van der Waals surface area contributed by atoms with Crippen LogP contribution in [-0.4, -0.2) is 16.2 Å². The zero-order chi connectivity index (χ0) is 54.9. The molecule has 13 aromatic rings. The van der Waals surface area contributed by atoms with Crippen molar-refractivity contribution in [3.8, 4) is 61.8 Å². The summed E-state index contributed by atoms with van der Waals surface area (Å²) in [5.41, 5.74) is 21.3. The maximum absolute atomic E-state index is 7.27. The van der Waals surface area contributed by atoms with Gasteiger partial charge in [0.15, 0.2) is 0 Å². The number of nitrogens with zero attached hydrogens (tertiary/aromatic N) is 4. The van der Waals surface area contributed by atoms with Gasteiger partial charge >= 0.3 is 0 Å². The summed E-state index contributed by atoms with van der Waals surface area (Å²) in [6, 6.07) is 102. The molecule has 1 aliphatic carbocycles. The third-order valence-electron chi connectivity index (χ3n) is 16.9. The lowest BCUT2D eigenvalue weighted by molar-refractivity contribution is 0.485. The van der Waals surface area contributed by atoms with Gasteiger partial charge in [-0.05, 0) is 122 Å². The fourth-order valence-electron chi connectivity index (χ4n) is 13.2. The standard InChI is InChI=1S/C77H58N4O/c1-76(2,3)56-43-44-78-74(47-56)81-69-40-21-18-37-62(69)66-49-63(52-25-8-4-9-26-52)73(50-72(66)81)82-59-34-24-33-58(48-59)79-51-80(71-42-23-22-41-70(71)79)75-64(53-27-10-5-11-28-53)45-57(46-65(75)54-29-12-6-13-30-54)77(55-31-14-7-15-32-55)67-38-19-16-35-60(67)61-36-17-20-39-68(61)77/h4-50H,51H2,1-3H3. The number of hydrogen-bond donors (Lipinski definition) is 0. The highest BCUT2D eigenvalue weighted by Gasteiger charge is 2.47. The van der Waals surface area contributed by atoms with Crippen molar-refractivity contribution in [2.45, 2.75) is 31.6 Å². The zero-order valence-corrected chi connectivity index (χ0v) is 46.0. The van der Waals surface area contributed by atoms with Crippen LogP contribution in [-0.2, 0) is 10.8 Å². The van der Waals surface area contributed by atoms with Crippen molar-refractivity contribution >= 4 is 44.6 Å². The van der Waals surface area contributed by atoms with Gasteiger partial charge in [0.25, 0.3) is 0 Å². The molecule has 5 nitrogen and oxygen atoms in total.